The lowest BCUT2D eigenvalue weighted by Gasteiger charge is -2.35. The fourth-order valence-electron chi connectivity index (χ4n) is 4.68. The zero-order chi connectivity index (χ0) is 22.8. The van der Waals surface area contributed by atoms with E-state index in [0.717, 1.165) is 11.1 Å². The van der Waals surface area contributed by atoms with E-state index < -0.39 is 0 Å². The number of rotatable bonds is 6. The Hall–Kier alpha value is -3.48. The van der Waals surface area contributed by atoms with Crippen molar-refractivity contribution in [2.75, 3.05) is 28.4 Å². The van der Waals surface area contributed by atoms with Crippen LogP contribution in [0.5, 0.6) is 23.0 Å². The van der Waals surface area contributed by atoms with E-state index in [1.54, 1.807) is 40.6 Å². The molecule has 1 aliphatic carbocycles. The van der Waals surface area contributed by atoms with Gasteiger partial charge in [0.25, 0.3) is 0 Å². The number of carbonyl (C=O) groups excluding carboxylic acids is 2. The van der Waals surface area contributed by atoms with Gasteiger partial charge in [-0.15, -0.1) is 0 Å². The lowest BCUT2D eigenvalue weighted by molar-refractivity contribution is -0.122. The summed E-state index contributed by atoms with van der Waals surface area (Å²) >= 11 is 0. The number of amides is 1. The van der Waals surface area contributed by atoms with Crippen molar-refractivity contribution in [1.82, 2.24) is 5.32 Å². The number of hydrogen-bond acceptors (Lipinski definition) is 6. The number of hydrogen-bond donors (Lipinski definition) is 1. The van der Waals surface area contributed by atoms with Crippen LogP contribution in [0.15, 0.2) is 47.7 Å². The van der Waals surface area contributed by atoms with Crippen molar-refractivity contribution in [3.63, 3.8) is 0 Å². The normalized spacial score (nSPS) is 20.4. The summed E-state index contributed by atoms with van der Waals surface area (Å²) in [6, 6.07) is 11.1. The summed E-state index contributed by atoms with van der Waals surface area (Å²) in [6.07, 6.45) is 1.10. The predicted molar refractivity (Wildman–Crippen MR) is 119 cm³/mol. The van der Waals surface area contributed by atoms with Gasteiger partial charge in [-0.3, -0.25) is 9.59 Å². The minimum atomic E-state index is -0.373. The third-order valence-corrected chi connectivity index (χ3v) is 6.23. The third-order valence-electron chi connectivity index (χ3n) is 6.23. The molecule has 0 unspecified atom stereocenters. The maximum atomic E-state index is 13.4. The van der Waals surface area contributed by atoms with Crippen LogP contribution in [0.2, 0.25) is 0 Å². The molecule has 1 N–H and O–H groups in total. The van der Waals surface area contributed by atoms with E-state index in [4.69, 9.17) is 18.9 Å². The molecule has 1 amide bonds. The van der Waals surface area contributed by atoms with Gasteiger partial charge in [-0.25, -0.2) is 0 Å². The molecule has 0 bridgehead atoms. The molecule has 2 aromatic carbocycles. The number of ether oxygens (including phenoxy) is 4. The Kier molecular flexibility index (Phi) is 6.08. The van der Waals surface area contributed by atoms with Gasteiger partial charge in [0.15, 0.2) is 17.3 Å². The zero-order valence-corrected chi connectivity index (χ0v) is 18.7. The summed E-state index contributed by atoms with van der Waals surface area (Å²) in [7, 11) is 6.34. The fourth-order valence-corrected chi connectivity index (χ4v) is 4.68. The molecule has 2 aliphatic rings. The van der Waals surface area contributed by atoms with E-state index in [9.17, 15) is 9.59 Å². The highest BCUT2D eigenvalue weighted by Gasteiger charge is 2.39. The van der Waals surface area contributed by atoms with Gasteiger partial charge in [0, 0.05) is 35.6 Å². The van der Waals surface area contributed by atoms with E-state index in [2.05, 4.69) is 5.32 Å². The van der Waals surface area contributed by atoms with E-state index in [1.165, 1.54) is 0 Å². The summed E-state index contributed by atoms with van der Waals surface area (Å²) in [5.41, 5.74) is 3.10. The summed E-state index contributed by atoms with van der Waals surface area (Å²) < 4.78 is 21.7. The summed E-state index contributed by atoms with van der Waals surface area (Å²) in [5.74, 6) is 2.01. The zero-order valence-electron chi connectivity index (χ0n) is 18.7. The smallest absolute Gasteiger partial charge is 0.225 e. The second-order valence-electron chi connectivity index (χ2n) is 7.95. The molecule has 7 heteroatoms. The molecule has 0 aromatic heterocycles. The largest absolute Gasteiger partial charge is 0.497 e. The van der Waals surface area contributed by atoms with Crippen molar-refractivity contribution in [3.8, 4) is 23.0 Å². The van der Waals surface area contributed by atoms with Gasteiger partial charge in [-0.1, -0.05) is 6.07 Å². The Morgan fingerprint density at radius 2 is 1.50 bits per heavy atom. The Balaban J connectivity index is 1.73. The van der Waals surface area contributed by atoms with Crippen molar-refractivity contribution < 1.29 is 28.5 Å². The quantitative estimate of drug-likeness (QED) is 0.742. The highest BCUT2D eigenvalue weighted by molar-refractivity contribution is 6.02. The first-order chi connectivity index (χ1) is 15.5. The van der Waals surface area contributed by atoms with E-state index in [0.29, 0.717) is 47.1 Å². The van der Waals surface area contributed by atoms with Crippen LogP contribution in [-0.2, 0) is 9.59 Å². The second-order valence-corrected chi connectivity index (χ2v) is 7.95. The molecule has 7 nitrogen and oxygen atoms in total. The van der Waals surface area contributed by atoms with Crippen molar-refractivity contribution >= 4 is 11.7 Å². The molecule has 2 aromatic rings. The second kappa shape index (κ2) is 8.94. The maximum Gasteiger partial charge on any atom is 0.225 e. The number of Topliss-reactive ketones (excluding diaryl/α,β-unsaturated/α-hetero) is 1. The van der Waals surface area contributed by atoms with Crippen molar-refractivity contribution in [2.45, 2.75) is 31.1 Å². The van der Waals surface area contributed by atoms with Crippen LogP contribution < -0.4 is 24.3 Å². The SMILES string of the molecule is COc1ccc(OC)c([C@H]2CC(=O)NC3=C2C(=O)C[C@@H](c2ccc(OC)c(OC)c2)C3)c1. The molecule has 168 valence electrons. The molecule has 0 fully saturated rings. The van der Waals surface area contributed by atoms with Crippen molar-refractivity contribution in [2.24, 2.45) is 0 Å². The van der Waals surface area contributed by atoms with Gasteiger partial charge in [0.05, 0.1) is 28.4 Å². The molecule has 0 spiro atoms. The molecule has 0 radical (unpaired) electrons. The average molecular weight is 437 g/mol. The Bertz CT molecular complexity index is 1090. The molecule has 0 saturated heterocycles. The van der Waals surface area contributed by atoms with Gasteiger partial charge < -0.3 is 24.3 Å². The number of ketones is 1. The number of carbonyl (C=O) groups is 2. The average Bonchev–Trinajstić information content (AvgIpc) is 2.82. The molecule has 1 aliphatic heterocycles. The Morgan fingerprint density at radius 3 is 2.19 bits per heavy atom. The lowest BCUT2D eigenvalue weighted by atomic mass is 9.73. The van der Waals surface area contributed by atoms with Crippen LogP contribution >= 0.6 is 0 Å². The van der Waals surface area contributed by atoms with Gasteiger partial charge in [0.1, 0.15) is 11.5 Å². The summed E-state index contributed by atoms with van der Waals surface area (Å²) in [5, 5.41) is 2.96. The van der Waals surface area contributed by atoms with E-state index in [1.807, 2.05) is 24.3 Å². The summed E-state index contributed by atoms with van der Waals surface area (Å²) in [6.45, 7) is 0. The first-order valence-corrected chi connectivity index (χ1v) is 10.5. The molecule has 1 heterocycles. The van der Waals surface area contributed by atoms with E-state index >= 15 is 0 Å². The molecule has 0 saturated carbocycles. The van der Waals surface area contributed by atoms with Crippen LogP contribution in [0.4, 0.5) is 0 Å². The first-order valence-electron chi connectivity index (χ1n) is 10.5. The monoisotopic (exact) mass is 437 g/mol. The maximum absolute atomic E-state index is 13.4. The number of allylic oxidation sites excluding steroid dienone is 2. The summed E-state index contributed by atoms with van der Waals surface area (Å²) in [4.78, 5) is 26.0. The number of methoxy groups -OCH3 is 4. The van der Waals surface area contributed by atoms with Crippen LogP contribution in [-0.4, -0.2) is 40.1 Å². The van der Waals surface area contributed by atoms with Gasteiger partial charge in [-0.05, 0) is 48.2 Å². The van der Waals surface area contributed by atoms with Crippen LogP contribution in [0, 0.1) is 0 Å². The minimum Gasteiger partial charge on any atom is -0.497 e. The van der Waals surface area contributed by atoms with Crippen molar-refractivity contribution in [3.05, 3.63) is 58.8 Å². The Labute approximate surface area is 187 Å². The molecular weight excluding hydrogens is 410 g/mol. The number of benzene rings is 2. The predicted octanol–water partition coefficient (Wildman–Crippen LogP) is 3.73. The van der Waals surface area contributed by atoms with E-state index in [-0.39, 0.29) is 29.9 Å². The first kappa shape index (κ1) is 21.7. The van der Waals surface area contributed by atoms with Gasteiger partial charge in [0.2, 0.25) is 5.91 Å². The highest BCUT2D eigenvalue weighted by atomic mass is 16.5. The van der Waals surface area contributed by atoms with Crippen LogP contribution in [0.1, 0.15) is 42.2 Å². The molecule has 32 heavy (non-hydrogen) atoms. The van der Waals surface area contributed by atoms with Crippen LogP contribution in [0.25, 0.3) is 0 Å². The minimum absolute atomic E-state index is 0.0286. The standard InChI is InChI=1S/C25H27NO6/c1-29-16-6-8-21(30-2)17(12-16)18-13-24(28)26-19-9-15(10-20(27)25(18)19)14-5-7-22(31-3)23(11-14)32-4/h5-8,11-12,15,18H,9-10,13H2,1-4H3,(H,26,28)/t15-,18+/m0/s1. The topological polar surface area (TPSA) is 83.1 Å². The van der Waals surface area contributed by atoms with Crippen molar-refractivity contribution in [1.29, 1.82) is 0 Å². The molecule has 2 atom stereocenters. The fraction of sp³-hybridized carbons (Fsp3) is 0.360. The molecular formula is C25H27NO6. The van der Waals surface area contributed by atoms with Crippen LogP contribution in [0.3, 0.4) is 0 Å². The van der Waals surface area contributed by atoms with Gasteiger partial charge >= 0.3 is 0 Å². The lowest BCUT2D eigenvalue weighted by Crippen LogP contribution is -2.38. The Morgan fingerprint density at radius 1 is 0.781 bits per heavy atom. The highest BCUT2D eigenvalue weighted by Crippen LogP contribution is 2.46. The molecule has 4 rings (SSSR count). The number of nitrogens with one attached hydrogen (secondary N) is 1. The third kappa shape index (κ3) is 3.90. The van der Waals surface area contributed by atoms with Gasteiger partial charge in [-0.2, -0.15) is 0 Å².